The van der Waals surface area contributed by atoms with E-state index in [1.165, 1.54) is 11.2 Å². The van der Waals surface area contributed by atoms with Crippen molar-refractivity contribution >= 4 is 11.3 Å². The van der Waals surface area contributed by atoms with Crippen LogP contribution in [0.1, 0.15) is 27.3 Å². The topological polar surface area (TPSA) is 59.9 Å². The van der Waals surface area contributed by atoms with Crippen molar-refractivity contribution in [1.82, 2.24) is 20.3 Å². The van der Waals surface area contributed by atoms with E-state index in [-0.39, 0.29) is 6.04 Å². The molecule has 0 saturated heterocycles. The summed E-state index contributed by atoms with van der Waals surface area (Å²) in [5, 5.41) is 4.39. The minimum atomic E-state index is 0.113. The number of rotatable bonds is 5. The molecule has 19 heavy (non-hydrogen) atoms. The molecule has 1 unspecified atom stereocenters. The van der Waals surface area contributed by atoms with Crippen LogP contribution >= 0.6 is 11.3 Å². The average Bonchev–Trinajstić information content (AvgIpc) is 2.75. The van der Waals surface area contributed by atoms with Gasteiger partial charge in [-0.1, -0.05) is 0 Å². The molecule has 2 aromatic heterocycles. The molecule has 0 amide bonds. The average molecular weight is 278 g/mol. The van der Waals surface area contributed by atoms with Crippen LogP contribution in [0.2, 0.25) is 0 Å². The summed E-state index contributed by atoms with van der Waals surface area (Å²) in [6.07, 6.45) is 2.34. The van der Waals surface area contributed by atoms with Gasteiger partial charge in [0.1, 0.15) is 6.33 Å². The van der Waals surface area contributed by atoms with Gasteiger partial charge in [-0.25, -0.2) is 15.0 Å². The van der Waals surface area contributed by atoms with Gasteiger partial charge in [0.2, 0.25) is 5.88 Å². The van der Waals surface area contributed by atoms with Gasteiger partial charge in [-0.05, 0) is 20.9 Å². The number of nitrogens with one attached hydrogen (secondary N) is 1. The first kappa shape index (κ1) is 13.9. The van der Waals surface area contributed by atoms with Crippen molar-refractivity contribution in [2.45, 2.75) is 26.3 Å². The Morgan fingerprint density at radius 3 is 2.74 bits per heavy atom. The third-order valence-electron chi connectivity index (χ3n) is 3.03. The van der Waals surface area contributed by atoms with E-state index in [9.17, 15) is 0 Å². The van der Waals surface area contributed by atoms with Gasteiger partial charge in [0, 0.05) is 17.4 Å². The molecule has 0 aliphatic heterocycles. The van der Waals surface area contributed by atoms with Gasteiger partial charge < -0.3 is 10.1 Å². The Labute approximate surface area is 117 Å². The second-order valence-electron chi connectivity index (χ2n) is 4.28. The van der Waals surface area contributed by atoms with Crippen molar-refractivity contribution in [2.24, 2.45) is 0 Å². The predicted octanol–water partition coefficient (Wildman–Crippen LogP) is 2.06. The number of hydrogen-bond acceptors (Lipinski definition) is 6. The van der Waals surface area contributed by atoms with Gasteiger partial charge in [0.05, 0.1) is 29.5 Å². The number of thiazole rings is 1. The normalized spacial score (nSPS) is 12.4. The zero-order chi connectivity index (χ0) is 13.8. The number of aryl methyl sites for hydroxylation is 2. The highest BCUT2D eigenvalue weighted by Gasteiger charge is 2.15. The van der Waals surface area contributed by atoms with E-state index in [0.717, 1.165) is 22.8 Å². The molecule has 2 aromatic rings. The van der Waals surface area contributed by atoms with Crippen LogP contribution in [0.3, 0.4) is 0 Å². The monoisotopic (exact) mass is 278 g/mol. The predicted molar refractivity (Wildman–Crippen MR) is 75.7 cm³/mol. The summed E-state index contributed by atoms with van der Waals surface area (Å²) in [7, 11) is 3.53. The molecule has 2 heterocycles. The molecule has 1 atom stereocenters. The van der Waals surface area contributed by atoms with Crippen LogP contribution in [0.25, 0.3) is 0 Å². The first-order valence-corrected chi connectivity index (χ1v) is 6.91. The largest absolute Gasteiger partial charge is 0.481 e. The van der Waals surface area contributed by atoms with Crippen LogP contribution in [-0.4, -0.2) is 29.1 Å². The Morgan fingerprint density at radius 1 is 1.37 bits per heavy atom. The lowest BCUT2D eigenvalue weighted by molar-refractivity contribution is 0.394. The second kappa shape index (κ2) is 6.08. The summed E-state index contributed by atoms with van der Waals surface area (Å²) in [5.41, 5.74) is 2.02. The van der Waals surface area contributed by atoms with Gasteiger partial charge >= 0.3 is 0 Å². The first-order valence-electron chi connectivity index (χ1n) is 6.10. The van der Waals surface area contributed by atoms with Crippen molar-refractivity contribution in [1.29, 1.82) is 0 Å². The van der Waals surface area contributed by atoms with E-state index in [0.29, 0.717) is 5.88 Å². The van der Waals surface area contributed by atoms with Gasteiger partial charge in [-0.15, -0.1) is 11.3 Å². The Kier molecular flexibility index (Phi) is 4.44. The van der Waals surface area contributed by atoms with Crippen molar-refractivity contribution in [3.05, 3.63) is 33.7 Å². The fourth-order valence-electron chi connectivity index (χ4n) is 1.81. The van der Waals surface area contributed by atoms with E-state index < -0.39 is 0 Å². The fourth-order valence-corrected chi connectivity index (χ4v) is 2.79. The number of aromatic nitrogens is 3. The highest BCUT2D eigenvalue weighted by molar-refractivity contribution is 7.11. The van der Waals surface area contributed by atoms with Crippen LogP contribution in [0.5, 0.6) is 5.88 Å². The molecule has 0 aromatic carbocycles. The molecule has 1 N–H and O–H groups in total. The standard InChI is InChI=1S/C13H18N4OS/c1-8-9(2)19-13(17-8)6-10(14-3)11-5-12(18-4)16-7-15-11/h5,7,10,14H,6H2,1-4H3. The Balaban J connectivity index is 2.19. The van der Waals surface area contributed by atoms with Crippen LogP contribution in [0, 0.1) is 13.8 Å². The number of nitrogens with zero attached hydrogens (tertiary/aromatic N) is 3. The number of hydrogen-bond donors (Lipinski definition) is 1. The number of ether oxygens (including phenoxy) is 1. The van der Waals surface area contributed by atoms with Crippen molar-refractivity contribution in [2.75, 3.05) is 14.2 Å². The smallest absolute Gasteiger partial charge is 0.216 e. The molecule has 5 nitrogen and oxygen atoms in total. The molecular formula is C13H18N4OS. The van der Waals surface area contributed by atoms with Gasteiger partial charge in [-0.2, -0.15) is 0 Å². The molecule has 0 saturated carbocycles. The lowest BCUT2D eigenvalue weighted by atomic mass is 10.1. The van der Waals surface area contributed by atoms with Crippen molar-refractivity contribution in [3.8, 4) is 5.88 Å². The maximum absolute atomic E-state index is 5.13. The molecule has 0 aliphatic rings. The summed E-state index contributed by atoms with van der Waals surface area (Å²) in [6, 6.07) is 1.97. The molecule has 0 fully saturated rings. The Bertz CT molecular complexity index is 536. The first-order chi connectivity index (χ1) is 9.13. The third kappa shape index (κ3) is 3.27. The molecule has 6 heteroatoms. The second-order valence-corrected chi connectivity index (χ2v) is 5.57. The quantitative estimate of drug-likeness (QED) is 0.907. The van der Waals surface area contributed by atoms with Crippen LogP contribution < -0.4 is 10.1 Å². The summed E-state index contributed by atoms with van der Waals surface area (Å²) >= 11 is 1.74. The van der Waals surface area contributed by atoms with E-state index in [1.54, 1.807) is 18.4 Å². The lowest BCUT2D eigenvalue weighted by Gasteiger charge is -2.14. The molecule has 0 spiro atoms. The van der Waals surface area contributed by atoms with E-state index in [2.05, 4.69) is 27.2 Å². The zero-order valence-corrected chi connectivity index (χ0v) is 12.4. The Morgan fingerprint density at radius 2 is 2.16 bits per heavy atom. The van der Waals surface area contributed by atoms with Crippen LogP contribution in [0.4, 0.5) is 0 Å². The van der Waals surface area contributed by atoms with E-state index >= 15 is 0 Å². The SMILES string of the molecule is CNC(Cc1nc(C)c(C)s1)c1cc(OC)ncn1. The number of methoxy groups -OCH3 is 1. The minimum Gasteiger partial charge on any atom is -0.481 e. The van der Waals surface area contributed by atoms with E-state index in [4.69, 9.17) is 4.74 Å². The van der Waals surface area contributed by atoms with Crippen molar-refractivity contribution < 1.29 is 4.74 Å². The zero-order valence-electron chi connectivity index (χ0n) is 11.6. The number of likely N-dealkylation sites (N-methyl/N-ethyl adjacent to an activating group) is 1. The fraction of sp³-hybridized carbons (Fsp3) is 0.462. The molecule has 0 bridgehead atoms. The third-order valence-corrected chi connectivity index (χ3v) is 4.12. The van der Waals surface area contributed by atoms with Crippen LogP contribution in [0.15, 0.2) is 12.4 Å². The van der Waals surface area contributed by atoms with Crippen molar-refractivity contribution in [3.63, 3.8) is 0 Å². The highest BCUT2D eigenvalue weighted by atomic mass is 32.1. The molecule has 0 aliphatic carbocycles. The van der Waals surface area contributed by atoms with Gasteiger partial charge in [0.25, 0.3) is 0 Å². The molecular weight excluding hydrogens is 260 g/mol. The maximum atomic E-state index is 5.13. The van der Waals surface area contributed by atoms with Gasteiger partial charge in [0.15, 0.2) is 0 Å². The molecule has 2 rings (SSSR count). The summed E-state index contributed by atoms with van der Waals surface area (Å²) in [4.78, 5) is 14.2. The summed E-state index contributed by atoms with van der Waals surface area (Å²) < 4.78 is 5.13. The summed E-state index contributed by atoms with van der Waals surface area (Å²) in [6.45, 7) is 4.13. The highest BCUT2D eigenvalue weighted by Crippen LogP contribution is 2.23. The molecule has 0 radical (unpaired) electrons. The van der Waals surface area contributed by atoms with Crippen LogP contribution in [-0.2, 0) is 6.42 Å². The lowest BCUT2D eigenvalue weighted by Crippen LogP contribution is -2.20. The van der Waals surface area contributed by atoms with Gasteiger partial charge in [-0.3, -0.25) is 0 Å². The molecule has 102 valence electrons. The maximum Gasteiger partial charge on any atom is 0.216 e. The minimum absolute atomic E-state index is 0.113. The Hall–Kier alpha value is -1.53. The van der Waals surface area contributed by atoms with E-state index in [1.807, 2.05) is 20.0 Å². The summed E-state index contributed by atoms with van der Waals surface area (Å²) in [5.74, 6) is 0.580.